The van der Waals surface area contributed by atoms with Crippen molar-refractivity contribution in [1.82, 2.24) is 18.1 Å². The van der Waals surface area contributed by atoms with E-state index < -0.39 is 43.0 Å². The molecule has 5 nitrogen and oxygen atoms in total. The molecule has 108 heavy (non-hydrogen) atoms. The highest BCUT2D eigenvalue weighted by Gasteiger charge is 2.46. The van der Waals surface area contributed by atoms with Crippen molar-refractivity contribution >= 4 is 165 Å². The molecular weight excluding hydrogens is 1310 g/mol. The Morgan fingerprint density at radius 1 is 0.287 bits per heavy atom. The molecule has 0 N–H and O–H groups in total. The number of para-hydroxylation sites is 5. The van der Waals surface area contributed by atoms with Gasteiger partial charge < -0.3 is 23.0 Å². The van der Waals surface area contributed by atoms with Crippen LogP contribution in [0.15, 0.2) is 309 Å². The molecule has 22 rings (SSSR count). The quantitative estimate of drug-likeness (QED) is 0.157. The number of hydrogen-bond donors (Lipinski definition) is 0. The second-order valence-electron chi connectivity index (χ2n) is 33.0. The van der Waals surface area contributed by atoms with Crippen LogP contribution in [0.25, 0.3) is 164 Å². The Morgan fingerprint density at radius 2 is 0.759 bits per heavy atom. The SMILES string of the molecule is [2H]c1c([2H])c([2H])c2c(c1[2H])c1c([2H])c([2H])c([2H])c([2H])c1n2-c1ccc2c(c1)N(c1c(-c3ccccc3)cccc1-c1ccccc1)c1c3c(cc4c1c1cccc5c6ccccc6c6ccccc6c6ccccc6n4c51)-n1c4ccc(C(C)(C)C)cc4c4cc(-n5c6ccc(C(C)(C)C)cc6c6cc(C(C)(C)C)ccc65)cc(c41)B23. The molecule has 2 aliphatic heterocycles. The molecule has 0 aliphatic carbocycles. The zero-order valence-electron chi connectivity index (χ0n) is 69.6. The number of hydrogen-bond acceptors (Lipinski definition) is 1. The summed E-state index contributed by atoms with van der Waals surface area (Å²) in [6.07, 6.45) is 0. The largest absolute Gasteiger partial charge is 0.310 e. The minimum atomic E-state index is -0.559. The topological polar surface area (TPSA) is 22.4 Å². The van der Waals surface area contributed by atoms with Crippen LogP contribution in [-0.2, 0) is 16.2 Å². The van der Waals surface area contributed by atoms with Gasteiger partial charge in [0.05, 0.1) is 66.5 Å². The van der Waals surface area contributed by atoms with E-state index in [9.17, 15) is 11.0 Å². The molecule has 0 spiro atoms. The number of anilines is 3. The minimum absolute atomic E-state index is 0.00886. The van der Waals surface area contributed by atoms with Gasteiger partial charge >= 0.3 is 0 Å². The maximum absolute atomic E-state index is 10.0. The molecule has 0 radical (unpaired) electrons. The van der Waals surface area contributed by atoms with Gasteiger partial charge in [-0.2, -0.15) is 0 Å². The summed E-state index contributed by atoms with van der Waals surface area (Å²) < 4.78 is 86.1. The van der Waals surface area contributed by atoms with Crippen molar-refractivity contribution in [2.24, 2.45) is 0 Å². The summed E-state index contributed by atoms with van der Waals surface area (Å²) in [5, 5.41) is 13.2. The maximum Gasteiger partial charge on any atom is 0.252 e. The van der Waals surface area contributed by atoms with Crippen molar-refractivity contribution < 1.29 is 11.0 Å². The van der Waals surface area contributed by atoms with E-state index >= 15 is 0 Å². The number of nitrogens with zero attached hydrogens (tertiary/aromatic N) is 5. The second kappa shape index (κ2) is 22.5. The van der Waals surface area contributed by atoms with Crippen LogP contribution in [0.3, 0.4) is 0 Å². The zero-order chi connectivity index (χ0) is 79.5. The summed E-state index contributed by atoms with van der Waals surface area (Å²) in [6.45, 7) is 20.1. The predicted molar refractivity (Wildman–Crippen MR) is 463 cm³/mol. The fourth-order valence-corrected chi connectivity index (χ4v) is 18.7. The first kappa shape index (κ1) is 54.9. The van der Waals surface area contributed by atoms with E-state index in [1.807, 2.05) is 6.07 Å². The van der Waals surface area contributed by atoms with E-state index in [4.69, 9.17) is 0 Å². The Balaban J connectivity index is 1.01. The van der Waals surface area contributed by atoms with E-state index in [-0.39, 0.29) is 50.1 Å². The lowest BCUT2D eigenvalue weighted by Gasteiger charge is -2.42. The zero-order valence-corrected chi connectivity index (χ0v) is 61.6. The highest BCUT2D eigenvalue weighted by Crippen LogP contribution is 2.55. The predicted octanol–water partition coefficient (Wildman–Crippen LogP) is 25.4. The first-order valence-electron chi connectivity index (χ1n) is 41.7. The Hall–Kier alpha value is -12.6. The molecule has 514 valence electrons. The Bertz CT molecular complexity index is 7680. The van der Waals surface area contributed by atoms with E-state index in [2.05, 4.69) is 336 Å². The van der Waals surface area contributed by atoms with Crippen LogP contribution in [0.5, 0.6) is 0 Å². The van der Waals surface area contributed by atoms with Crippen molar-refractivity contribution in [3.8, 4) is 39.3 Å². The summed E-state index contributed by atoms with van der Waals surface area (Å²) in [5.41, 5.74) is 22.6. The third-order valence-electron chi connectivity index (χ3n) is 23.8. The molecule has 7 heterocycles. The molecule has 0 unspecified atom stereocenters. The molecule has 0 amide bonds. The van der Waals surface area contributed by atoms with Gasteiger partial charge in [0, 0.05) is 93.3 Å². The summed E-state index contributed by atoms with van der Waals surface area (Å²) in [7, 11) is 0. The average Bonchev–Trinajstić information content (AvgIpc) is 1.44. The Labute approximate surface area is 639 Å². The highest BCUT2D eigenvalue weighted by atomic mass is 15.2. The Kier molecular flexibility index (Phi) is 11.4. The van der Waals surface area contributed by atoms with Gasteiger partial charge in [0.25, 0.3) is 6.71 Å². The van der Waals surface area contributed by atoms with Gasteiger partial charge in [-0.1, -0.05) is 287 Å². The van der Waals surface area contributed by atoms with Crippen LogP contribution in [0.1, 0.15) is 90.0 Å². The van der Waals surface area contributed by atoms with Crippen LogP contribution in [0, 0.1) is 0 Å². The maximum atomic E-state index is 10.0. The van der Waals surface area contributed by atoms with Crippen molar-refractivity contribution in [1.29, 1.82) is 0 Å². The monoisotopic (exact) mass is 1390 g/mol. The molecule has 5 aromatic heterocycles. The van der Waals surface area contributed by atoms with Gasteiger partial charge in [-0.3, -0.25) is 0 Å². The van der Waals surface area contributed by atoms with Crippen molar-refractivity contribution in [3.63, 3.8) is 0 Å². The number of fused-ring (bicyclic) bond motifs is 24. The molecule has 0 saturated heterocycles. The summed E-state index contributed by atoms with van der Waals surface area (Å²) >= 11 is 0. The van der Waals surface area contributed by atoms with E-state index in [0.29, 0.717) is 5.69 Å². The van der Waals surface area contributed by atoms with Crippen LogP contribution < -0.4 is 21.3 Å². The standard InChI is InChI=1S/C102H78BN5/c1-100(2,3)63-46-51-88-79(54-63)80-55-64(101(4,5)6)47-52-89(80)105(88)67-57-82-81-56-65(102(7,8)9)48-53-90(81)107-93-60-92-94(78-42-27-41-77-73-35-19-17-33-71(73)70-32-16-18-34-72(70)74-36-20-25-45-87(74)106(92)97(77)78)99-95(93)103(84(58-67)98(82)107)83-50-49-66(104-85-43-23-21-37-75(85)76-38-22-24-44-86(76)104)59-91(83)108(99)96-68(61-28-12-10-13-29-61)39-26-40-69(96)62-30-14-11-15-31-62/h10-60H,1-9H3/i21D,22D,23D,24D,37D,38D,43D,44D. The number of benzene rings is 15. The smallest absolute Gasteiger partial charge is 0.252 e. The summed E-state index contributed by atoms with van der Waals surface area (Å²) in [5.74, 6) is 0. The van der Waals surface area contributed by atoms with Crippen molar-refractivity contribution in [3.05, 3.63) is 326 Å². The molecule has 0 saturated carbocycles. The van der Waals surface area contributed by atoms with Crippen molar-refractivity contribution in [2.75, 3.05) is 4.90 Å². The third kappa shape index (κ3) is 8.83. The lowest BCUT2D eigenvalue weighted by molar-refractivity contribution is 0.590. The molecule has 15 aromatic carbocycles. The molecule has 6 heteroatoms. The van der Waals surface area contributed by atoms with E-state index in [1.54, 1.807) is 4.57 Å². The van der Waals surface area contributed by atoms with Gasteiger partial charge in [-0.15, -0.1) is 0 Å². The van der Waals surface area contributed by atoms with E-state index in [1.165, 1.54) is 27.5 Å². The van der Waals surface area contributed by atoms with Gasteiger partial charge in [0.1, 0.15) is 0 Å². The summed E-state index contributed by atoms with van der Waals surface area (Å²) in [4.78, 5) is 2.53. The molecule has 0 bridgehead atoms. The Morgan fingerprint density at radius 3 is 1.33 bits per heavy atom. The first-order valence-corrected chi connectivity index (χ1v) is 37.7. The van der Waals surface area contributed by atoms with Gasteiger partial charge in [0.15, 0.2) is 0 Å². The normalized spacial score (nSPS) is 14.2. The third-order valence-corrected chi connectivity index (χ3v) is 23.8. The number of aromatic nitrogens is 4. The fraction of sp³-hybridized carbons (Fsp3) is 0.118. The summed E-state index contributed by atoms with van der Waals surface area (Å²) in [6, 6.07) is 92.9. The molecule has 0 fully saturated rings. The lowest BCUT2D eigenvalue weighted by Crippen LogP contribution is -2.60. The van der Waals surface area contributed by atoms with Crippen LogP contribution in [0.2, 0.25) is 0 Å². The van der Waals surface area contributed by atoms with Crippen LogP contribution in [0.4, 0.5) is 17.1 Å². The molecule has 2 aliphatic rings. The highest BCUT2D eigenvalue weighted by molar-refractivity contribution is 7.00. The molecule has 20 aromatic rings. The number of rotatable bonds is 5. The van der Waals surface area contributed by atoms with Gasteiger partial charge in [0.2, 0.25) is 0 Å². The van der Waals surface area contributed by atoms with Crippen molar-refractivity contribution in [2.45, 2.75) is 78.6 Å². The first-order chi connectivity index (χ1) is 55.8. The van der Waals surface area contributed by atoms with Crippen LogP contribution in [-0.4, -0.2) is 24.8 Å². The van der Waals surface area contributed by atoms with Gasteiger partial charge in [-0.25, -0.2) is 0 Å². The molecular formula is C102H78BN5. The lowest BCUT2D eigenvalue weighted by atomic mass is 9.33. The second-order valence-corrected chi connectivity index (χ2v) is 33.0. The average molecular weight is 1390 g/mol. The van der Waals surface area contributed by atoms with Crippen LogP contribution >= 0.6 is 0 Å². The molecule has 0 atom stereocenters. The van der Waals surface area contributed by atoms with Gasteiger partial charge in [-0.05, 0) is 167 Å². The van der Waals surface area contributed by atoms with E-state index in [0.717, 1.165) is 160 Å². The minimum Gasteiger partial charge on any atom is -0.310 e. The fourth-order valence-electron chi connectivity index (χ4n) is 18.7.